The van der Waals surface area contributed by atoms with Crippen LogP contribution in [0.1, 0.15) is 70.6 Å². The zero-order chi connectivity index (χ0) is 12.3. The van der Waals surface area contributed by atoms with Gasteiger partial charge in [0.15, 0.2) is 0 Å². The van der Waals surface area contributed by atoms with Crippen LogP contribution in [0.3, 0.4) is 0 Å². The van der Waals surface area contributed by atoms with Gasteiger partial charge in [-0.3, -0.25) is 0 Å². The van der Waals surface area contributed by atoms with Gasteiger partial charge in [0, 0.05) is 0 Å². The van der Waals surface area contributed by atoms with Crippen molar-refractivity contribution in [2.24, 2.45) is 5.92 Å². The second kappa shape index (κ2) is 10.3. The Morgan fingerprint density at radius 1 is 0.882 bits per heavy atom. The summed E-state index contributed by atoms with van der Waals surface area (Å²) in [6.07, 6.45) is 14.5. The van der Waals surface area contributed by atoms with Crippen LogP contribution in [0.15, 0.2) is 0 Å². The van der Waals surface area contributed by atoms with E-state index in [1.165, 1.54) is 65.9 Å². The molecule has 1 rings (SSSR count). The molecular formula is C13H27NOSiTi. The minimum atomic E-state index is -0.0772. The molecule has 1 aliphatic carbocycles. The second-order valence-corrected chi connectivity index (χ2v) is 8.43. The van der Waals surface area contributed by atoms with Crippen molar-refractivity contribution >= 4 is 14.0 Å². The molecule has 98 valence electrons. The van der Waals surface area contributed by atoms with Crippen molar-refractivity contribution in [1.29, 1.82) is 0 Å². The van der Waals surface area contributed by atoms with Crippen molar-refractivity contribution in [1.82, 2.24) is 3.80 Å². The molecule has 1 amide bonds. The van der Waals surface area contributed by atoms with Crippen LogP contribution in [0.5, 0.6) is 0 Å². The van der Waals surface area contributed by atoms with Crippen molar-refractivity contribution in [3.8, 4) is 0 Å². The fourth-order valence-corrected chi connectivity index (χ4v) is 4.37. The van der Waals surface area contributed by atoms with Gasteiger partial charge in [0.05, 0.1) is 0 Å². The van der Waals surface area contributed by atoms with E-state index in [0.29, 0.717) is 11.8 Å². The van der Waals surface area contributed by atoms with Crippen LogP contribution < -0.4 is 3.80 Å². The van der Waals surface area contributed by atoms with Crippen LogP contribution in [-0.2, 0) is 23.5 Å². The van der Waals surface area contributed by atoms with Crippen LogP contribution in [0.2, 0.25) is 0 Å². The van der Waals surface area contributed by atoms with Gasteiger partial charge in [0.2, 0.25) is 0 Å². The Bertz CT molecular complexity index is 202. The number of amides is 1. The topological polar surface area (TPSA) is 29.1 Å². The molecule has 0 radical (unpaired) electrons. The SMILES string of the molecule is O=C([NH][Ti][SiH3])C1CCCCCCCCCCC1. The van der Waals surface area contributed by atoms with Gasteiger partial charge in [-0.25, -0.2) is 0 Å². The quantitative estimate of drug-likeness (QED) is 0.777. The van der Waals surface area contributed by atoms with Crippen LogP contribution in [0, 0.1) is 5.92 Å². The maximum absolute atomic E-state index is 12.0. The van der Waals surface area contributed by atoms with Gasteiger partial charge in [-0.15, -0.1) is 0 Å². The van der Waals surface area contributed by atoms with Gasteiger partial charge in [-0.05, 0) is 0 Å². The summed E-state index contributed by atoms with van der Waals surface area (Å²) >= 11 is -0.0772. The molecule has 0 aromatic rings. The van der Waals surface area contributed by atoms with Crippen LogP contribution in [-0.4, -0.2) is 14.0 Å². The van der Waals surface area contributed by atoms with E-state index in [2.05, 4.69) is 3.80 Å². The number of hydrogen-bond acceptors (Lipinski definition) is 1. The Balaban J connectivity index is 2.34. The zero-order valence-corrected chi connectivity index (χ0v) is 14.8. The van der Waals surface area contributed by atoms with Crippen molar-refractivity contribution in [2.45, 2.75) is 70.6 Å². The molecule has 0 atom stereocenters. The van der Waals surface area contributed by atoms with Crippen molar-refractivity contribution in [2.75, 3.05) is 0 Å². The Kier molecular flexibility index (Phi) is 9.40. The van der Waals surface area contributed by atoms with E-state index in [1.54, 1.807) is 0 Å². The third kappa shape index (κ3) is 7.43. The molecule has 0 spiro atoms. The van der Waals surface area contributed by atoms with Crippen LogP contribution in [0.25, 0.3) is 0 Å². The summed E-state index contributed by atoms with van der Waals surface area (Å²) in [7, 11) is 1.20. The predicted octanol–water partition coefficient (Wildman–Crippen LogP) is 2.30. The molecule has 4 heteroatoms. The molecule has 0 heterocycles. The monoisotopic (exact) mass is 289 g/mol. The third-order valence-electron chi connectivity index (χ3n) is 3.72. The van der Waals surface area contributed by atoms with E-state index in [-0.39, 0.29) is 18.7 Å². The van der Waals surface area contributed by atoms with E-state index >= 15 is 0 Å². The summed E-state index contributed by atoms with van der Waals surface area (Å²) in [5, 5.41) is 0. The van der Waals surface area contributed by atoms with Gasteiger partial charge in [-0.1, -0.05) is 0 Å². The Hall–Kier alpha value is 0.401. The van der Waals surface area contributed by atoms with Crippen LogP contribution in [0.4, 0.5) is 0 Å². The first-order valence-electron chi connectivity index (χ1n) is 7.31. The average molecular weight is 289 g/mol. The fourth-order valence-electron chi connectivity index (χ4n) is 2.65. The summed E-state index contributed by atoms with van der Waals surface area (Å²) in [6.45, 7) is 0. The van der Waals surface area contributed by atoms with Gasteiger partial charge >= 0.3 is 118 Å². The molecule has 0 unspecified atom stereocenters. The first-order valence-corrected chi connectivity index (χ1v) is 13.8. The van der Waals surface area contributed by atoms with Gasteiger partial charge < -0.3 is 0 Å². The summed E-state index contributed by atoms with van der Waals surface area (Å²) in [5.74, 6) is 0.726. The van der Waals surface area contributed by atoms with Gasteiger partial charge in [0.25, 0.3) is 0 Å². The van der Waals surface area contributed by atoms with E-state index in [9.17, 15) is 4.79 Å². The summed E-state index contributed by atoms with van der Waals surface area (Å²) in [4.78, 5) is 12.0. The van der Waals surface area contributed by atoms with E-state index in [0.717, 1.165) is 12.8 Å². The number of nitrogens with one attached hydrogen (secondary N) is 1. The summed E-state index contributed by atoms with van der Waals surface area (Å²) < 4.78 is 3.18. The number of rotatable bonds is 2. The molecule has 0 aromatic heterocycles. The van der Waals surface area contributed by atoms with E-state index < -0.39 is 0 Å². The van der Waals surface area contributed by atoms with E-state index in [1.807, 2.05) is 0 Å². The Morgan fingerprint density at radius 2 is 1.29 bits per heavy atom. The molecule has 2 nitrogen and oxygen atoms in total. The molecular weight excluding hydrogens is 262 g/mol. The molecule has 17 heavy (non-hydrogen) atoms. The predicted molar refractivity (Wildman–Crippen MR) is 72.4 cm³/mol. The molecule has 1 fully saturated rings. The molecule has 0 aliphatic heterocycles. The minimum absolute atomic E-state index is 0.0772. The fraction of sp³-hybridized carbons (Fsp3) is 0.923. The Morgan fingerprint density at radius 3 is 1.71 bits per heavy atom. The number of carbonyl (C=O) groups is 1. The van der Waals surface area contributed by atoms with Gasteiger partial charge in [0.1, 0.15) is 0 Å². The second-order valence-electron chi connectivity index (χ2n) is 5.20. The third-order valence-corrected chi connectivity index (χ3v) is 5.53. The summed E-state index contributed by atoms with van der Waals surface area (Å²) in [5.41, 5.74) is 0. The normalized spacial score (nSPS) is 21.2. The molecule has 0 saturated heterocycles. The van der Waals surface area contributed by atoms with Crippen molar-refractivity contribution in [3.05, 3.63) is 0 Å². The summed E-state index contributed by atoms with van der Waals surface area (Å²) in [6, 6.07) is 0. The number of hydrogen-bond donors (Lipinski definition) is 1. The zero-order valence-electron chi connectivity index (χ0n) is 11.3. The standard InChI is InChI=1S/C13H25NO.H3Si.Ti/c14-13(15)12-10-8-6-4-2-1-3-5-7-9-11-12;;/h12H,1-11H2,(H2,14,15);1H3;/q;;+1/p-1. The molecule has 0 bridgehead atoms. The van der Waals surface area contributed by atoms with Crippen LogP contribution >= 0.6 is 0 Å². The molecule has 0 aromatic carbocycles. The van der Waals surface area contributed by atoms with E-state index in [4.69, 9.17) is 0 Å². The van der Waals surface area contributed by atoms with Crippen molar-refractivity contribution in [3.63, 3.8) is 0 Å². The average Bonchev–Trinajstić information content (AvgIpc) is 2.30. The maximum atomic E-state index is 12.0. The molecule has 1 saturated carbocycles. The Labute approximate surface area is 118 Å². The molecule has 1 aliphatic rings. The first-order chi connectivity index (χ1) is 8.34. The first kappa shape index (κ1) is 15.5. The number of carbonyl (C=O) groups excluding carboxylic acids is 1. The van der Waals surface area contributed by atoms with Gasteiger partial charge in [-0.2, -0.15) is 0 Å². The molecule has 1 N–H and O–H groups in total. The van der Waals surface area contributed by atoms with Crippen molar-refractivity contribution < 1.29 is 23.5 Å².